The van der Waals surface area contributed by atoms with Crippen LogP contribution < -0.4 is 5.32 Å². The Balaban J connectivity index is 2.21. The molecule has 1 N–H and O–H groups in total. The summed E-state index contributed by atoms with van der Waals surface area (Å²) in [5.74, 6) is 0.727. The number of benzene rings is 1. The first-order chi connectivity index (χ1) is 11.0. The van der Waals surface area contributed by atoms with Crippen LogP contribution in [0.15, 0.2) is 30.3 Å². The number of fused-ring (bicyclic) bond motifs is 3. The number of aryl methyl sites for hydroxylation is 1. The lowest BCUT2D eigenvalue weighted by Crippen LogP contribution is -2.29. The Morgan fingerprint density at radius 3 is 2.83 bits per heavy atom. The molecule has 3 aromatic rings. The van der Waals surface area contributed by atoms with Crippen molar-refractivity contribution in [2.24, 2.45) is 0 Å². The molecule has 0 aliphatic rings. The molecule has 116 valence electrons. The number of carbonyl (C=O) groups is 1. The third-order valence-corrected chi connectivity index (χ3v) is 3.80. The highest BCUT2D eigenvalue weighted by Gasteiger charge is 2.15. The fourth-order valence-electron chi connectivity index (χ4n) is 2.55. The first-order valence-electron chi connectivity index (χ1n) is 7.28. The molecule has 0 saturated heterocycles. The van der Waals surface area contributed by atoms with Crippen LogP contribution in [0.2, 0.25) is 0 Å². The van der Waals surface area contributed by atoms with Gasteiger partial charge in [-0.25, -0.2) is 4.98 Å². The molecular formula is C17H17N5O. The maximum atomic E-state index is 11.8. The number of anilines is 1. The van der Waals surface area contributed by atoms with E-state index in [1.807, 2.05) is 41.7 Å². The van der Waals surface area contributed by atoms with E-state index in [2.05, 4.69) is 16.4 Å². The van der Waals surface area contributed by atoms with Crippen molar-refractivity contribution in [3.8, 4) is 6.07 Å². The van der Waals surface area contributed by atoms with Crippen LogP contribution in [-0.2, 0) is 4.79 Å². The molecule has 2 heterocycles. The van der Waals surface area contributed by atoms with E-state index in [1.54, 1.807) is 14.1 Å². The zero-order chi connectivity index (χ0) is 16.6. The average molecular weight is 307 g/mol. The van der Waals surface area contributed by atoms with E-state index in [1.165, 1.54) is 4.90 Å². The molecule has 1 amide bonds. The molecule has 0 spiro atoms. The van der Waals surface area contributed by atoms with Crippen LogP contribution in [0.5, 0.6) is 0 Å². The second kappa shape index (κ2) is 5.61. The number of nitrogens with one attached hydrogen (secondary N) is 1. The number of amides is 1. The van der Waals surface area contributed by atoms with Gasteiger partial charge in [-0.2, -0.15) is 5.26 Å². The number of imidazole rings is 1. The number of para-hydroxylation sites is 2. The summed E-state index contributed by atoms with van der Waals surface area (Å²) in [6.07, 6.45) is 0. The summed E-state index contributed by atoms with van der Waals surface area (Å²) < 4.78 is 1.89. The molecule has 0 atom stereocenters. The Bertz CT molecular complexity index is 949. The van der Waals surface area contributed by atoms with Crippen molar-refractivity contribution in [2.75, 3.05) is 26.0 Å². The number of nitrogens with zero attached hydrogens (tertiary/aromatic N) is 4. The SMILES string of the molecule is Cc1cc(NCC(=O)N(C)C)n2c(nc3ccccc32)c1C#N. The summed E-state index contributed by atoms with van der Waals surface area (Å²) in [6, 6.07) is 11.8. The topological polar surface area (TPSA) is 73.4 Å². The minimum atomic E-state index is -0.0235. The molecule has 6 nitrogen and oxygen atoms in total. The number of rotatable bonds is 3. The third-order valence-electron chi connectivity index (χ3n) is 3.80. The maximum Gasteiger partial charge on any atom is 0.241 e. The van der Waals surface area contributed by atoms with Gasteiger partial charge in [-0.1, -0.05) is 12.1 Å². The number of nitriles is 1. The fourth-order valence-corrected chi connectivity index (χ4v) is 2.55. The number of hydrogen-bond donors (Lipinski definition) is 1. The molecule has 23 heavy (non-hydrogen) atoms. The van der Waals surface area contributed by atoms with Crippen molar-refractivity contribution in [1.82, 2.24) is 14.3 Å². The van der Waals surface area contributed by atoms with Gasteiger partial charge in [0.25, 0.3) is 0 Å². The standard InChI is InChI=1S/C17H17N5O/c1-11-8-15(19-10-16(23)21(2)3)22-14-7-5-4-6-13(14)20-17(22)12(11)9-18/h4-8,19H,10H2,1-3H3. The Labute approximate surface area is 134 Å². The van der Waals surface area contributed by atoms with E-state index in [4.69, 9.17) is 0 Å². The molecule has 0 bridgehead atoms. The average Bonchev–Trinajstić information content (AvgIpc) is 2.91. The molecule has 0 unspecified atom stereocenters. The van der Waals surface area contributed by atoms with Gasteiger partial charge in [-0.05, 0) is 30.7 Å². The molecule has 1 aromatic carbocycles. The highest BCUT2D eigenvalue weighted by atomic mass is 16.2. The van der Waals surface area contributed by atoms with Crippen molar-refractivity contribution in [2.45, 2.75) is 6.92 Å². The van der Waals surface area contributed by atoms with E-state index in [9.17, 15) is 10.1 Å². The number of pyridine rings is 1. The van der Waals surface area contributed by atoms with Crippen molar-refractivity contribution in [1.29, 1.82) is 5.26 Å². The van der Waals surface area contributed by atoms with Gasteiger partial charge in [-0.3, -0.25) is 9.20 Å². The number of aromatic nitrogens is 2. The van der Waals surface area contributed by atoms with Gasteiger partial charge in [0.1, 0.15) is 11.9 Å². The molecule has 0 aliphatic heterocycles. The summed E-state index contributed by atoms with van der Waals surface area (Å²) in [5, 5.41) is 12.6. The van der Waals surface area contributed by atoms with Crippen LogP contribution in [0.25, 0.3) is 16.7 Å². The third kappa shape index (κ3) is 2.46. The predicted molar refractivity (Wildman–Crippen MR) is 89.3 cm³/mol. The maximum absolute atomic E-state index is 11.8. The molecule has 2 aromatic heterocycles. The normalized spacial score (nSPS) is 10.7. The Morgan fingerprint density at radius 2 is 2.13 bits per heavy atom. The summed E-state index contributed by atoms with van der Waals surface area (Å²) in [6.45, 7) is 2.05. The second-order valence-electron chi connectivity index (χ2n) is 5.60. The molecule has 6 heteroatoms. The summed E-state index contributed by atoms with van der Waals surface area (Å²) >= 11 is 0. The van der Waals surface area contributed by atoms with Crippen molar-refractivity contribution >= 4 is 28.4 Å². The molecule has 0 radical (unpaired) electrons. The van der Waals surface area contributed by atoms with E-state index in [0.717, 1.165) is 22.4 Å². The quantitative estimate of drug-likeness (QED) is 0.805. The van der Waals surface area contributed by atoms with Crippen LogP contribution in [0.1, 0.15) is 11.1 Å². The predicted octanol–water partition coefficient (Wildman–Crippen LogP) is 2.17. The fraction of sp³-hybridized carbons (Fsp3) is 0.235. The van der Waals surface area contributed by atoms with Crippen LogP contribution in [-0.4, -0.2) is 40.8 Å². The number of likely N-dealkylation sites (N-methyl/N-ethyl adjacent to an activating group) is 1. The van der Waals surface area contributed by atoms with E-state index in [0.29, 0.717) is 11.2 Å². The monoisotopic (exact) mass is 307 g/mol. The van der Waals surface area contributed by atoms with E-state index in [-0.39, 0.29) is 12.5 Å². The zero-order valence-corrected chi connectivity index (χ0v) is 13.3. The van der Waals surface area contributed by atoms with E-state index < -0.39 is 0 Å². The summed E-state index contributed by atoms with van der Waals surface area (Å²) in [7, 11) is 3.44. The van der Waals surface area contributed by atoms with Crippen molar-refractivity contribution < 1.29 is 4.79 Å². The Kier molecular flexibility index (Phi) is 3.62. The molecular weight excluding hydrogens is 290 g/mol. The van der Waals surface area contributed by atoms with Gasteiger partial charge in [-0.15, -0.1) is 0 Å². The van der Waals surface area contributed by atoms with Gasteiger partial charge in [0.05, 0.1) is 23.1 Å². The lowest BCUT2D eigenvalue weighted by Gasteiger charge is -2.14. The minimum absolute atomic E-state index is 0.0235. The van der Waals surface area contributed by atoms with Gasteiger partial charge in [0.2, 0.25) is 5.91 Å². The molecule has 0 aliphatic carbocycles. The Hall–Kier alpha value is -3.07. The van der Waals surface area contributed by atoms with Crippen LogP contribution in [0, 0.1) is 18.3 Å². The zero-order valence-electron chi connectivity index (χ0n) is 13.3. The second-order valence-corrected chi connectivity index (χ2v) is 5.60. The first kappa shape index (κ1) is 14.9. The highest BCUT2D eigenvalue weighted by Crippen LogP contribution is 2.26. The minimum Gasteiger partial charge on any atom is -0.362 e. The lowest BCUT2D eigenvalue weighted by molar-refractivity contribution is -0.126. The van der Waals surface area contributed by atoms with Crippen LogP contribution in [0.3, 0.4) is 0 Å². The highest BCUT2D eigenvalue weighted by molar-refractivity contribution is 5.86. The lowest BCUT2D eigenvalue weighted by atomic mass is 10.1. The first-order valence-corrected chi connectivity index (χ1v) is 7.28. The van der Waals surface area contributed by atoms with Crippen LogP contribution in [0.4, 0.5) is 5.82 Å². The van der Waals surface area contributed by atoms with Crippen molar-refractivity contribution in [3.05, 3.63) is 41.5 Å². The Morgan fingerprint density at radius 1 is 1.39 bits per heavy atom. The van der Waals surface area contributed by atoms with Crippen LogP contribution >= 0.6 is 0 Å². The molecule has 0 fully saturated rings. The van der Waals surface area contributed by atoms with Gasteiger partial charge >= 0.3 is 0 Å². The smallest absolute Gasteiger partial charge is 0.241 e. The number of hydrogen-bond acceptors (Lipinski definition) is 4. The van der Waals surface area contributed by atoms with Gasteiger partial charge in [0, 0.05) is 14.1 Å². The largest absolute Gasteiger partial charge is 0.362 e. The molecule has 0 saturated carbocycles. The summed E-state index contributed by atoms with van der Waals surface area (Å²) in [4.78, 5) is 18.0. The van der Waals surface area contributed by atoms with Gasteiger partial charge in [0.15, 0.2) is 5.65 Å². The molecule has 3 rings (SSSR count). The van der Waals surface area contributed by atoms with Crippen molar-refractivity contribution in [3.63, 3.8) is 0 Å². The van der Waals surface area contributed by atoms with Gasteiger partial charge < -0.3 is 10.2 Å². The van der Waals surface area contributed by atoms with E-state index >= 15 is 0 Å². The summed E-state index contributed by atoms with van der Waals surface area (Å²) in [5.41, 5.74) is 3.70. The number of carbonyl (C=O) groups excluding carboxylic acids is 1.